The molecule has 0 aromatic rings. The van der Waals surface area contributed by atoms with Gasteiger partial charge in [0.05, 0.1) is 6.07 Å². The fourth-order valence-electron chi connectivity index (χ4n) is 1.42. The highest BCUT2D eigenvalue weighted by atomic mass is 16.5. The number of ether oxygens (including phenoxy) is 1. The third kappa shape index (κ3) is 7.35. The molecule has 0 aromatic heterocycles. The van der Waals surface area contributed by atoms with Crippen LogP contribution >= 0.6 is 0 Å². The van der Waals surface area contributed by atoms with Gasteiger partial charge in [-0.15, -0.1) is 0 Å². The Balaban J connectivity index is 3.60. The Morgan fingerprint density at radius 2 is 2.13 bits per heavy atom. The molecular weight excluding hydrogens is 188 g/mol. The van der Waals surface area contributed by atoms with Crippen LogP contribution in [0.1, 0.15) is 40.5 Å². The second-order valence-electron chi connectivity index (χ2n) is 4.55. The summed E-state index contributed by atoms with van der Waals surface area (Å²) in [5.41, 5.74) is -0.393. The molecule has 0 fully saturated rings. The summed E-state index contributed by atoms with van der Waals surface area (Å²) in [7, 11) is 0. The van der Waals surface area contributed by atoms with Gasteiger partial charge in [0, 0.05) is 13.2 Å². The molecule has 0 saturated carbocycles. The third-order valence-electron chi connectivity index (χ3n) is 2.23. The first-order valence-electron chi connectivity index (χ1n) is 5.78. The van der Waals surface area contributed by atoms with Crippen LogP contribution in [0.4, 0.5) is 0 Å². The van der Waals surface area contributed by atoms with Gasteiger partial charge in [0.2, 0.25) is 0 Å². The summed E-state index contributed by atoms with van der Waals surface area (Å²) in [6.45, 7) is 10.6. The van der Waals surface area contributed by atoms with Crippen LogP contribution in [0.15, 0.2) is 0 Å². The molecule has 0 aliphatic heterocycles. The quantitative estimate of drug-likeness (QED) is 0.628. The molecule has 0 heterocycles. The van der Waals surface area contributed by atoms with Crippen molar-refractivity contribution in [3.8, 4) is 6.07 Å². The smallest absolute Gasteiger partial charge is 0.104 e. The molecule has 0 rings (SSSR count). The Kier molecular flexibility index (Phi) is 7.37. The van der Waals surface area contributed by atoms with Crippen molar-refractivity contribution < 1.29 is 4.74 Å². The lowest BCUT2D eigenvalue weighted by atomic mass is 9.98. The minimum absolute atomic E-state index is 0.393. The summed E-state index contributed by atoms with van der Waals surface area (Å²) in [4.78, 5) is 0. The Labute approximate surface area is 93.8 Å². The Hall–Kier alpha value is -0.590. The van der Waals surface area contributed by atoms with E-state index in [1.54, 1.807) is 0 Å². The van der Waals surface area contributed by atoms with Crippen LogP contribution in [-0.2, 0) is 4.74 Å². The highest BCUT2D eigenvalue weighted by molar-refractivity contribution is 5.03. The van der Waals surface area contributed by atoms with Crippen molar-refractivity contribution >= 4 is 0 Å². The molecule has 3 nitrogen and oxygen atoms in total. The van der Waals surface area contributed by atoms with Crippen molar-refractivity contribution in [2.45, 2.75) is 46.1 Å². The van der Waals surface area contributed by atoms with Crippen LogP contribution in [-0.4, -0.2) is 25.3 Å². The van der Waals surface area contributed by atoms with E-state index in [9.17, 15) is 0 Å². The molecule has 1 atom stereocenters. The fraction of sp³-hybridized carbons (Fsp3) is 0.917. The second-order valence-corrected chi connectivity index (χ2v) is 4.55. The van der Waals surface area contributed by atoms with E-state index in [0.29, 0.717) is 5.92 Å². The van der Waals surface area contributed by atoms with Gasteiger partial charge in [-0.25, -0.2) is 0 Å². The molecule has 0 aliphatic carbocycles. The van der Waals surface area contributed by atoms with E-state index in [-0.39, 0.29) is 0 Å². The molecular formula is C12H24N2O. The van der Waals surface area contributed by atoms with Gasteiger partial charge in [-0.3, -0.25) is 5.32 Å². The van der Waals surface area contributed by atoms with E-state index in [0.717, 1.165) is 32.6 Å². The van der Waals surface area contributed by atoms with Crippen LogP contribution < -0.4 is 5.32 Å². The van der Waals surface area contributed by atoms with Gasteiger partial charge in [0.25, 0.3) is 0 Å². The molecule has 1 N–H and O–H groups in total. The zero-order valence-corrected chi connectivity index (χ0v) is 10.5. The van der Waals surface area contributed by atoms with Crippen LogP contribution in [0.2, 0.25) is 0 Å². The summed E-state index contributed by atoms with van der Waals surface area (Å²) in [5, 5.41) is 12.2. The highest BCUT2D eigenvalue weighted by Crippen LogP contribution is 2.11. The Bertz CT molecular complexity index is 198. The zero-order chi connectivity index (χ0) is 11.7. The minimum Gasteiger partial charge on any atom is -0.381 e. The summed E-state index contributed by atoms with van der Waals surface area (Å²) >= 11 is 0. The lowest BCUT2D eigenvalue weighted by Gasteiger charge is -2.22. The van der Waals surface area contributed by atoms with Crippen LogP contribution in [0, 0.1) is 17.2 Å². The number of nitrogens with zero attached hydrogens (tertiary/aromatic N) is 1. The third-order valence-corrected chi connectivity index (χ3v) is 2.23. The molecule has 0 spiro atoms. The molecule has 0 saturated heterocycles. The van der Waals surface area contributed by atoms with Gasteiger partial charge in [0.1, 0.15) is 5.54 Å². The number of nitriles is 1. The molecule has 15 heavy (non-hydrogen) atoms. The first-order valence-corrected chi connectivity index (χ1v) is 5.78. The maximum absolute atomic E-state index is 9.01. The molecule has 0 radical (unpaired) electrons. The van der Waals surface area contributed by atoms with E-state index >= 15 is 0 Å². The fourth-order valence-corrected chi connectivity index (χ4v) is 1.42. The largest absolute Gasteiger partial charge is 0.381 e. The van der Waals surface area contributed by atoms with Crippen molar-refractivity contribution in [2.24, 2.45) is 5.92 Å². The number of hydrogen-bond donors (Lipinski definition) is 1. The van der Waals surface area contributed by atoms with Crippen LogP contribution in [0.3, 0.4) is 0 Å². The molecule has 88 valence electrons. The zero-order valence-electron chi connectivity index (χ0n) is 10.5. The van der Waals surface area contributed by atoms with Crippen molar-refractivity contribution in [3.05, 3.63) is 0 Å². The van der Waals surface area contributed by atoms with Crippen molar-refractivity contribution in [2.75, 3.05) is 19.8 Å². The lowest BCUT2D eigenvalue weighted by Crippen LogP contribution is -2.40. The summed E-state index contributed by atoms with van der Waals surface area (Å²) in [6.07, 6.45) is 1.78. The van der Waals surface area contributed by atoms with Gasteiger partial charge in [-0.05, 0) is 32.2 Å². The van der Waals surface area contributed by atoms with Gasteiger partial charge in [-0.2, -0.15) is 5.26 Å². The van der Waals surface area contributed by atoms with Gasteiger partial charge < -0.3 is 4.74 Å². The predicted molar refractivity (Wildman–Crippen MR) is 62.6 cm³/mol. The summed E-state index contributed by atoms with van der Waals surface area (Å²) in [5.74, 6) is 0.584. The SMILES string of the molecule is CCNC(C)(C#N)CCCOCC(C)C. The lowest BCUT2D eigenvalue weighted by molar-refractivity contribution is 0.103. The maximum Gasteiger partial charge on any atom is 0.104 e. The normalized spacial score (nSPS) is 14.9. The molecule has 0 aliphatic rings. The molecule has 0 aromatic carbocycles. The van der Waals surface area contributed by atoms with Crippen molar-refractivity contribution in [3.63, 3.8) is 0 Å². The van der Waals surface area contributed by atoms with E-state index in [2.05, 4.69) is 25.2 Å². The van der Waals surface area contributed by atoms with Gasteiger partial charge in [-0.1, -0.05) is 20.8 Å². The molecule has 0 amide bonds. The average molecular weight is 212 g/mol. The Morgan fingerprint density at radius 3 is 2.60 bits per heavy atom. The van der Waals surface area contributed by atoms with E-state index < -0.39 is 5.54 Å². The first-order chi connectivity index (χ1) is 7.04. The Morgan fingerprint density at radius 1 is 1.47 bits per heavy atom. The summed E-state index contributed by atoms with van der Waals surface area (Å²) in [6, 6.07) is 2.31. The summed E-state index contributed by atoms with van der Waals surface area (Å²) < 4.78 is 5.48. The number of hydrogen-bond acceptors (Lipinski definition) is 3. The van der Waals surface area contributed by atoms with E-state index in [1.165, 1.54) is 0 Å². The standard InChI is InChI=1S/C12H24N2O/c1-5-14-12(4,10-13)7-6-8-15-9-11(2)3/h11,14H,5-9H2,1-4H3. The van der Waals surface area contributed by atoms with Crippen molar-refractivity contribution in [1.29, 1.82) is 5.26 Å². The second kappa shape index (κ2) is 7.67. The van der Waals surface area contributed by atoms with E-state index in [1.807, 2.05) is 13.8 Å². The van der Waals surface area contributed by atoms with Crippen LogP contribution in [0.5, 0.6) is 0 Å². The number of rotatable bonds is 8. The molecule has 3 heteroatoms. The maximum atomic E-state index is 9.01. The first kappa shape index (κ1) is 14.4. The van der Waals surface area contributed by atoms with E-state index in [4.69, 9.17) is 10.00 Å². The minimum atomic E-state index is -0.393. The predicted octanol–water partition coefficient (Wildman–Crippen LogP) is 2.33. The van der Waals surface area contributed by atoms with Crippen molar-refractivity contribution in [1.82, 2.24) is 5.32 Å². The monoisotopic (exact) mass is 212 g/mol. The van der Waals surface area contributed by atoms with Crippen LogP contribution in [0.25, 0.3) is 0 Å². The topological polar surface area (TPSA) is 45.0 Å². The molecule has 0 bridgehead atoms. The van der Waals surface area contributed by atoms with Gasteiger partial charge >= 0.3 is 0 Å². The average Bonchev–Trinajstić information content (AvgIpc) is 2.17. The molecule has 1 unspecified atom stereocenters. The van der Waals surface area contributed by atoms with Gasteiger partial charge in [0.15, 0.2) is 0 Å². The number of nitrogens with one attached hydrogen (secondary N) is 1. The highest BCUT2D eigenvalue weighted by Gasteiger charge is 2.21.